The van der Waals surface area contributed by atoms with Gasteiger partial charge in [-0.05, 0) is 37.2 Å². The molecule has 0 saturated carbocycles. The van der Waals surface area contributed by atoms with Gasteiger partial charge in [0.05, 0.1) is 6.61 Å². The third-order valence-corrected chi connectivity index (χ3v) is 4.22. The lowest BCUT2D eigenvalue weighted by Gasteiger charge is -2.16. The minimum absolute atomic E-state index is 0.0345. The summed E-state index contributed by atoms with van der Waals surface area (Å²) in [5, 5.41) is 3.59. The Kier molecular flexibility index (Phi) is 8.29. The Hall–Kier alpha value is -2.04. The van der Waals surface area contributed by atoms with Crippen molar-refractivity contribution in [2.45, 2.75) is 19.4 Å². The van der Waals surface area contributed by atoms with E-state index in [1.807, 2.05) is 61.6 Å². The number of rotatable bonds is 10. The van der Waals surface area contributed by atoms with Gasteiger partial charge in [0.15, 0.2) is 0 Å². The van der Waals surface area contributed by atoms with E-state index in [0.29, 0.717) is 24.6 Å². The molecule has 0 spiro atoms. The molecular weight excluding hydrogens is 336 g/mol. The molecule has 1 N–H and O–H groups in total. The molecule has 0 heterocycles. The number of nitrogens with zero attached hydrogens (tertiary/aromatic N) is 1. The third-order valence-electron chi connectivity index (χ3n) is 3.85. The number of carbonyl (C=O) groups is 1. The average Bonchev–Trinajstić information content (AvgIpc) is 2.64. The second-order valence-electron chi connectivity index (χ2n) is 5.94. The van der Waals surface area contributed by atoms with Gasteiger partial charge in [0.2, 0.25) is 5.91 Å². The van der Waals surface area contributed by atoms with Crippen LogP contribution in [0.1, 0.15) is 18.4 Å². The molecule has 0 bridgehead atoms. The molecule has 0 atom stereocenters. The molecule has 1 amide bonds. The highest BCUT2D eigenvalue weighted by Gasteiger charge is 2.06. The summed E-state index contributed by atoms with van der Waals surface area (Å²) in [5.41, 5.74) is 0.934. The topological polar surface area (TPSA) is 41.6 Å². The molecule has 0 aliphatic heterocycles. The summed E-state index contributed by atoms with van der Waals surface area (Å²) in [4.78, 5) is 14.1. The van der Waals surface area contributed by atoms with Crippen molar-refractivity contribution in [2.75, 3.05) is 26.7 Å². The van der Waals surface area contributed by atoms with E-state index < -0.39 is 0 Å². The normalized spacial score (nSPS) is 10.7. The Morgan fingerprint density at radius 1 is 1.08 bits per heavy atom. The van der Waals surface area contributed by atoms with E-state index in [9.17, 15) is 4.79 Å². The fraction of sp³-hybridized carbons (Fsp3) is 0.350. The molecule has 5 heteroatoms. The maximum Gasteiger partial charge on any atom is 0.221 e. The van der Waals surface area contributed by atoms with Crippen LogP contribution in [0, 0.1) is 0 Å². The summed E-state index contributed by atoms with van der Waals surface area (Å²) in [7, 11) is 2.02. The standard InChI is InChI=1S/C20H25ClN2O2/c1-23(13-7-15-25-18-9-3-2-4-10-18)14-12-20(24)22-16-17-8-5-6-11-19(17)21/h2-6,8-11H,7,12-16H2,1H3,(H,22,24). The Balaban J connectivity index is 1.55. The van der Waals surface area contributed by atoms with Gasteiger partial charge in [-0.2, -0.15) is 0 Å². The van der Waals surface area contributed by atoms with E-state index in [0.717, 1.165) is 30.8 Å². The predicted octanol–water partition coefficient (Wildman–Crippen LogP) is 3.75. The van der Waals surface area contributed by atoms with E-state index >= 15 is 0 Å². The summed E-state index contributed by atoms with van der Waals surface area (Å²) in [6.07, 6.45) is 1.40. The summed E-state index contributed by atoms with van der Waals surface area (Å²) in [5.74, 6) is 0.927. The van der Waals surface area contributed by atoms with Gasteiger partial charge >= 0.3 is 0 Å². The molecule has 0 fully saturated rings. The maximum atomic E-state index is 11.9. The molecular formula is C20H25ClN2O2. The van der Waals surface area contributed by atoms with Crippen molar-refractivity contribution in [3.63, 3.8) is 0 Å². The molecule has 2 aromatic carbocycles. The maximum absolute atomic E-state index is 11.9. The number of carbonyl (C=O) groups excluding carboxylic acids is 1. The first-order chi connectivity index (χ1) is 12.1. The third kappa shape index (κ3) is 7.59. The summed E-state index contributed by atoms with van der Waals surface area (Å²) < 4.78 is 5.66. The largest absolute Gasteiger partial charge is 0.494 e. The van der Waals surface area contributed by atoms with Crippen molar-refractivity contribution in [1.29, 1.82) is 0 Å². The number of hydrogen-bond acceptors (Lipinski definition) is 3. The highest BCUT2D eigenvalue weighted by atomic mass is 35.5. The van der Waals surface area contributed by atoms with Crippen LogP contribution in [0.5, 0.6) is 5.75 Å². The van der Waals surface area contributed by atoms with Crippen LogP contribution in [0.15, 0.2) is 54.6 Å². The van der Waals surface area contributed by atoms with Crippen molar-refractivity contribution in [3.05, 3.63) is 65.2 Å². The Bertz CT molecular complexity index is 649. The highest BCUT2D eigenvalue weighted by Crippen LogP contribution is 2.14. The molecule has 0 unspecified atom stereocenters. The van der Waals surface area contributed by atoms with Crippen molar-refractivity contribution in [1.82, 2.24) is 10.2 Å². The van der Waals surface area contributed by atoms with Crippen LogP contribution in [0.2, 0.25) is 5.02 Å². The van der Waals surface area contributed by atoms with Gasteiger partial charge in [0.25, 0.3) is 0 Å². The Morgan fingerprint density at radius 2 is 1.80 bits per heavy atom. The molecule has 0 aromatic heterocycles. The lowest BCUT2D eigenvalue weighted by Crippen LogP contribution is -2.29. The second kappa shape index (κ2) is 10.7. The molecule has 4 nitrogen and oxygen atoms in total. The van der Waals surface area contributed by atoms with Crippen LogP contribution in [0.3, 0.4) is 0 Å². The van der Waals surface area contributed by atoms with Crippen LogP contribution < -0.4 is 10.1 Å². The fourth-order valence-corrected chi connectivity index (χ4v) is 2.57. The average molecular weight is 361 g/mol. The summed E-state index contributed by atoms with van der Waals surface area (Å²) in [6, 6.07) is 17.3. The van der Waals surface area contributed by atoms with Crippen LogP contribution >= 0.6 is 11.6 Å². The van der Waals surface area contributed by atoms with Gasteiger partial charge in [-0.3, -0.25) is 4.79 Å². The van der Waals surface area contributed by atoms with Gasteiger partial charge in [-0.15, -0.1) is 0 Å². The van der Waals surface area contributed by atoms with Gasteiger partial charge in [-0.1, -0.05) is 48.0 Å². The molecule has 0 saturated heterocycles. The minimum atomic E-state index is 0.0345. The number of nitrogens with one attached hydrogen (secondary N) is 1. The fourth-order valence-electron chi connectivity index (χ4n) is 2.37. The minimum Gasteiger partial charge on any atom is -0.494 e. The molecule has 2 aromatic rings. The zero-order valence-electron chi connectivity index (χ0n) is 14.6. The molecule has 25 heavy (non-hydrogen) atoms. The van der Waals surface area contributed by atoms with Gasteiger partial charge in [0, 0.05) is 31.1 Å². The smallest absolute Gasteiger partial charge is 0.221 e. The molecule has 0 aliphatic rings. The lowest BCUT2D eigenvalue weighted by atomic mass is 10.2. The first kappa shape index (κ1) is 19.3. The van der Waals surface area contributed by atoms with Crippen LogP contribution in [0.25, 0.3) is 0 Å². The number of amides is 1. The van der Waals surface area contributed by atoms with Crippen LogP contribution in [-0.4, -0.2) is 37.6 Å². The summed E-state index contributed by atoms with van der Waals surface area (Å²) >= 11 is 6.08. The van der Waals surface area contributed by atoms with Crippen molar-refractivity contribution >= 4 is 17.5 Å². The Morgan fingerprint density at radius 3 is 2.56 bits per heavy atom. The van der Waals surface area contributed by atoms with E-state index in [4.69, 9.17) is 16.3 Å². The quantitative estimate of drug-likeness (QED) is 0.656. The zero-order valence-corrected chi connectivity index (χ0v) is 15.3. The molecule has 0 radical (unpaired) electrons. The zero-order chi connectivity index (χ0) is 17.9. The van der Waals surface area contributed by atoms with Crippen molar-refractivity contribution in [2.24, 2.45) is 0 Å². The van der Waals surface area contributed by atoms with Crippen molar-refractivity contribution in [3.8, 4) is 5.75 Å². The monoisotopic (exact) mass is 360 g/mol. The highest BCUT2D eigenvalue weighted by molar-refractivity contribution is 6.31. The van der Waals surface area contributed by atoms with E-state index in [1.54, 1.807) is 0 Å². The summed E-state index contributed by atoms with van der Waals surface area (Å²) in [6.45, 7) is 2.75. The second-order valence-corrected chi connectivity index (χ2v) is 6.34. The van der Waals surface area contributed by atoms with E-state index in [-0.39, 0.29) is 5.91 Å². The lowest BCUT2D eigenvalue weighted by molar-refractivity contribution is -0.121. The van der Waals surface area contributed by atoms with Crippen molar-refractivity contribution < 1.29 is 9.53 Å². The number of halogens is 1. The van der Waals surface area contributed by atoms with Gasteiger partial charge in [0.1, 0.15) is 5.75 Å². The van der Waals surface area contributed by atoms with E-state index in [1.165, 1.54) is 0 Å². The first-order valence-electron chi connectivity index (χ1n) is 8.51. The van der Waals surface area contributed by atoms with Crippen LogP contribution in [0.4, 0.5) is 0 Å². The number of benzene rings is 2. The SMILES string of the molecule is CN(CCCOc1ccccc1)CCC(=O)NCc1ccccc1Cl. The number of para-hydroxylation sites is 1. The van der Waals surface area contributed by atoms with E-state index in [2.05, 4.69) is 10.2 Å². The molecule has 2 rings (SSSR count). The van der Waals surface area contributed by atoms with Crippen LogP contribution in [-0.2, 0) is 11.3 Å². The van der Waals surface area contributed by atoms with Gasteiger partial charge in [-0.25, -0.2) is 0 Å². The number of hydrogen-bond donors (Lipinski definition) is 1. The molecule has 134 valence electrons. The molecule has 0 aliphatic carbocycles. The number of ether oxygens (including phenoxy) is 1. The first-order valence-corrected chi connectivity index (χ1v) is 8.89. The Labute approximate surface area is 154 Å². The predicted molar refractivity (Wildman–Crippen MR) is 102 cm³/mol. The van der Waals surface area contributed by atoms with Gasteiger partial charge < -0.3 is 15.0 Å².